The van der Waals surface area contributed by atoms with Crippen LogP contribution in [-0.4, -0.2) is 46.2 Å². The van der Waals surface area contributed by atoms with Crippen LogP contribution in [0.2, 0.25) is 5.02 Å². The Labute approximate surface area is 174 Å². The van der Waals surface area contributed by atoms with Gasteiger partial charge < -0.3 is 15.3 Å². The molecule has 0 unspecified atom stereocenters. The van der Waals surface area contributed by atoms with Crippen molar-refractivity contribution < 1.29 is 9.90 Å². The van der Waals surface area contributed by atoms with Gasteiger partial charge in [0.05, 0.1) is 10.5 Å². The molecule has 1 aliphatic heterocycles. The minimum Gasteiger partial charge on any atom is -0.508 e. The summed E-state index contributed by atoms with van der Waals surface area (Å²) in [4.78, 5) is 14.9. The van der Waals surface area contributed by atoms with Gasteiger partial charge in [0.15, 0.2) is 5.82 Å². The molecule has 4 rings (SSSR count). The number of aromatic amines is 1. The van der Waals surface area contributed by atoms with Crippen LogP contribution in [0.3, 0.4) is 0 Å². The molecule has 1 fully saturated rings. The fourth-order valence-corrected chi connectivity index (χ4v) is 3.79. The molecule has 0 saturated carbocycles. The van der Waals surface area contributed by atoms with Gasteiger partial charge in [0.1, 0.15) is 5.75 Å². The predicted molar refractivity (Wildman–Crippen MR) is 114 cm³/mol. The molecule has 8 heteroatoms. The van der Waals surface area contributed by atoms with E-state index >= 15 is 0 Å². The number of anilines is 1. The van der Waals surface area contributed by atoms with Crippen LogP contribution in [0.15, 0.2) is 36.4 Å². The lowest BCUT2D eigenvalue weighted by molar-refractivity contribution is -0.121. The number of hydrogen-bond acceptors (Lipinski definition) is 4. The smallest absolute Gasteiger partial charge is 0.228 e. The van der Waals surface area contributed by atoms with E-state index in [0.717, 1.165) is 48.0 Å². The number of likely N-dealkylation sites (tertiary alicyclic amines) is 1. The van der Waals surface area contributed by atoms with Crippen molar-refractivity contribution in [3.63, 3.8) is 0 Å². The molecule has 1 amide bonds. The molecule has 0 atom stereocenters. The number of carbonyl (C=O) groups is 1. The lowest BCUT2D eigenvalue weighted by Gasteiger charge is -2.27. The number of aromatic hydroxyl groups is 1. The Morgan fingerprint density at radius 3 is 2.71 bits per heavy atom. The number of aromatic nitrogens is 2. The van der Waals surface area contributed by atoms with E-state index in [9.17, 15) is 9.90 Å². The fourth-order valence-electron chi connectivity index (χ4n) is 3.50. The van der Waals surface area contributed by atoms with Crippen molar-refractivity contribution in [2.45, 2.75) is 12.8 Å². The summed E-state index contributed by atoms with van der Waals surface area (Å²) in [6.07, 6.45) is 1.72. The van der Waals surface area contributed by atoms with Crippen molar-refractivity contribution in [1.82, 2.24) is 15.1 Å². The summed E-state index contributed by atoms with van der Waals surface area (Å²) in [5.41, 5.74) is 2.54. The number of hydrogen-bond donors (Lipinski definition) is 3. The number of rotatable bonds is 3. The van der Waals surface area contributed by atoms with Crippen LogP contribution in [-0.2, 0) is 4.79 Å². The lowest BCUT2D eigenvalue weighted by Crippen LogP contribution is -2.36. The first-order chi connectivity index (χ1) is 13.0. The van der Waals surface area contributed by atoms with E-state index < -0.39 is 0 Å². The van der Waals surface area contributed by atoms with Gasteiger partial charge in [0.25, 0.3) is 0 Å². The van der Waals surface area contributed by atoms with Crippen molar-refractivity contribution in [1.29, 1.82) is 0 Å². The van der Waals surface area contributed by atoms with Gasteiger partial charge in [0, 0.05) is 16.9 Å². The van der Waals surface area contributed by atoms with Gasteiger partial charge in [-0.3, -0.25) is 9.89 Å². The van der Waals surface area contributed by atoms with Crippen LogP contribution < -0.4 is 5.32 Å². The summed E-state index contributed by atoms with van der Waals surface area (Å²) < 4.78 is 0. The highest BCUT2D eigenvalue weighted by Crippen LogP contribution is 2.34. The van der Waals surface area contributed by atoms with Gasteiger partial charge in [-0.2, -0.15) is 5.10 Å². The molecule has 6 nitrogen and oxygen atoms in total. The Morgan fingerprint density at radius 1 is 1.25 bits per heavy atom. The Bertz CT molecular complexity index is 997. The van der Waals surface area contributed by atoms with Crippen molar-refractivity contribution >= 4 is 46.6 Å². The zero-order valence-corrected chi connectivity index (χ0v) is 17.0. The molecule has 1 aromatic heterocycles. The first-order valence-electron chi connectivity index (χ1n) is 8.97. The molecule has 28 heavy (non-hydrogen) atoms. The Balaban J connectivity index is 0.00000225. The van der Waals surface area contributed by atoms with Crippen LogP contribution in [0.25, 0.3) is 22.0 Å². The number of amides is 1. The Hall–Kier alpha value is -2.28. The highest BCUT2D eigenvalue weighted by Gasteiger charge is 2.24. The first kappa shape index (κ1) is 20.5. The standard InChI is InChI=1S/C20H21ClN4O2.ClH/c1-25-8-6-12(7-9-25)20(27)22-19-16-10-13(2-5-18(16)23-24-19)15-4-3-14(26)11-17(15)21;/h2-5,10-12,26H,6-9H2,1H3,(H2,22,23,24,27);1H. The summed E-state index contributed by atoms with van der Waals surface area (Å²) in [5, 5.41) is 21.1. The number of H-pyrrole nitrogens is 1. The maximum absolute atomic E-state index is 12.6. The molecule has 0 spiro atoms. The predicted octanol–water partition coefficient (Wildman–Crippen LogP) is 4.29. The number of phenols is 1. The van der Waals surface area contributed by atoms with Crippen LogP contribution in [0.4, 0.5) is 5.82 Å². The molecular formula is C20H22Cl2N4O2. The number of piperidine rings is 1. The number of nitrogens with one attached hydrogen (secondary N) is 2. The largest absolute Gasteiger partial charge is 0.508 e. The molecule has 2 heterocycles. The SMILES string of the molecule is CN1CCC(C(=O)Nc2n[nH]c3ccc(-c4ccc(O)cc4Cl)cc23)CC1.Cl. The van der Waals surface area contributed by atoms with E-state index in [1.165, 1.54) is 6.07 Å². The maximum Gasteiger partial charge on any atom is 0.228 e. The molecule has 2 aromatic carbocycles. The van der Waals surface area contributed by atoms with Crippen LogP contribution >= 0.6 is 24.0 Å². The van der Waals surface area contributed by atoms with E-state index in [1.54, 1.807) is 12.1 Å². The average molecular weight is 421 g/mol. The van der Waals surface area contributed by atoms with Gasteiger partial charge in [-0.05, 0) is 68.9 Å². The maximum atomic E-state index is 12.6. The van der Waals surface area contributed by atoms with Crippen molar-refractivity contribution in [3.05, 3.63) is 41.4 Å². The van der Waals surface area contributed by atoms with E-state index in [4.69, 9.17) is 11.6 Å². The summed E-state index contributed by atoms with van der Waals surface area (Å²) in [6.45, 7) is 1.87. The van der Waals surface area contributed by atoms with Gasteiger partial charge >= 0.3 is 0 Å². The zero-order chi connectivity index (χ0) is 19.0. The van der Waals surface area contributed by atoms with Crippen LogP contribution in [0.1, 0.15) is 12.8 Å². The van der Waals surface area contributed by atoms with E-state index in [1.807, 2.05) is 18.2 Å². The van der Waals surface area contributed by atoms with Gasteiger partial charge in [-0.1, -0.05) is 17.7 Å². The molecule has 0 aliphatic carbocycles. The minimum absolute atomic E-state index is 0. The average Bonchev–Trinajstić information content (AvgIpc) is 3.04. The molecule has 148 valence electrons. The zero-order valence-electron chi connectivity index (χ0n) is 15.4. The molecule has 0 bridgehead atoms. The summed E-state index contributed by atoms with van der Waals surface area (Å²) >= 11 is 6.27. The Kier molecular flexibility index (Phi) is 6.13. The second-order valence-corrected chi connectivity index (χ2v) is 7.47. The normalized spacial score (nSPS) is 15.4. The van der Waals surface area contributed by atoms with E-state index in [2.05, 4.69) is 27.5 Å². The topological polar surface area (TPSA) is 81.2 Å². The third-order valence-corrected chi connectivity index (χ3v) is 5.47. The summed E-state index contributed by atoms with van der Waals surface area (Å²) in [5.74, 6) is 0.692. The minimum atomic E-state index is 0. The molecule has 0 radical (unpaired) electrons. The van der Waals surface area contributed by atoms with Crippen molar-refractivity contribution in [3.8, 4) is 16.9 Å². The highest BCUT2D eigenvalue weighted by molar-refractivity contribution is 6.33. The third-order valence-electron chi connectivity index (χ3n) is 5.16. The molecule has 3 N–H and O–H groups in total. The number of fused-ring (bicyclic) bond motifs is 1. The van der Waals surface area contributed by atoms with Gasteiger partial charge in [-0.25, -0.2) is 0 Å². The Morgan fingerprint density at radius 2 is 2.00 bits per heavy atom. The first-order valence-corrected chi connectivity index (χ1v) is 9.35. The third kappa shape index (κ3) is 4.09. The number of benzene rings is 2. The highest BCUT2D eigenvalue weighted by atomic mass is 35.5. The molecular weight excluding hydrogens is 399 g/mol. The van der Waals surface area contributed by atoms with Crippen molar-refractivity contribution in [2.75, 3.05) is 25.5 Å². The number of phenolic OH excluding ortho intramolecular Hbond substituents is 1. The van der Waals surface area contributed by atoms with Crippen LogP contribution in [0, 0.1) is 5.92 Å². The number of halogens is 2. The van der Waals surface area contributed by atoms with Gasteiger partial charge in [-0.15, -0.1) is 12.4 Å². The molecule has 3 aromatic rings. The fraction of sp³-hybridized carbons (Fsp3) is 0.300. The monoisotopic (exact) mass is 420 g/mol. The quantitative estimate of drug-likeness (QED) is 0.590. The number of carbonyl (C=O) groups excluding carboxylic acids is 1. The number of nitrogens with zero attached hydrogens (tertiary/aromatic N) is 2. The van der Waals surface area contributed by atoms with Crippen molar-refractivity contribution in [2.24, 2.45) is 5.92 Å². The molecule has 1 saturated heterocycles. The van der Waals surface area contributed by atoms with E-state index in [0.29, 0.717) is 10.8 Å². The second-order valence-electron chi connectivity index (χ2n) is 7.06. The second kappa shape index (κ2) is 8.39. The lowest BCUT2D eigenvalue weighted by atomic mass is 9.96. The van der Waals surface area contributed by atoms with Crippen LogP contribution in [0.5, 0.6) is 5.75 Å². The summed E-state index contributed by atoms with van der Waals surface area (Å²) in [6, 6.07) is 10.7. The molecule has 1 aliphatic rings. The summed E-state index contributed by atoms with van der Waals surface area (Å²) in [7, 11) is 2.07. The van der Waals surface area contributed by atoms with Gasteiger partial charge in [0.2, 0.25) is 5.91 Å². The van der Waals surface area contributed by atoms with E-state index in [-0.39, 0.29) is 30.0 Å².